The number of carbonyl (C=O) groups is 1. The minimum absolute atomic E-state index is 0.0299. The molecule has 0 aliphatic carbocycles. The number of hydrogen-bond acceptors (Lipinski definition) is 4. The van der Waals surface area contributed by atoms with E-state index in [0.29, 0.717) is 16.2 Å². The summed E-state index contributed by atoms with van der Waals surface area (Å²) in [6.07, 6.45) is 4.09. The number of carbonyl (C=O) groups excluding carboxylic acids is 1. The van der Waals surface area contributed by atoms with Crippen LogP contribution in [0.2, 0.25) is 0 Å². The van der Waals surface area contributed by atoms with Crippen molar-refractivity contribution in [1.82, 2.24) is 14.5 Å². The van der Waals surface area contributed by atoms with Gasteiger partial charge in [0, 0.05) is 26.1 Å². The molecule has 4 rings (SSSR count). The minimum Gasteiger partial charge on any atom is -0.338 e. The van der Waals surface area contributed by atoms with Crippen molar-refractivity contribution in [3.63, 3.8) is 0 Å². The van der Waals surface area contributed by atoms with E-state index in [-0.39, 0.29) is 11.5 Å². The van der Waals surface area contributed by atoms with Gasteiger partial charge in [-0.25, -0.2) is 4.98 Å². The average Bonchev–Trinajstić information content (AvgIpc) is 3.12. The van der Waals surface area contributed by atoms with Gasteiger partial charge in [-0.05, 0) is 37.7 Å². The van der Waals surface area contributed by atoms with E-state index in [1.54, 1.807) is 4.57 Å². The fourth-order valence-electron chi connectivity index (χ4n) is 3.80. The number of thiophene rings is 1. The lowest BCUT2D eigenvalue weighted by Crippen LogP contribution is -2.39. The molecule has 2 aromatic rings. The lowest BCUT2D eigenvalue weighted by molar-refractivity contribution is 0.0687. The number of amides is 1. The van der Waals surface area contributed by atoms with Gasteiger partial charge < -0.3 is 4.90 Å². The second-order valence-corrected chi connectivity index (χ2v) is 7.82. The third-order valence-corrected chi connectivity index (χ3v) is 6.22. The van der Waals surface area contributed by atoms with Crippen molar-refractivity contribution in [3.8, 4) is 0 Å². The average molecular weight is 331 g/mol. The van der Waals surface area contributed by atoms with Crippen molar-refractivity contribution in [2.45, 2.75) is 46.1 Å². The van der Waals surface area contributed by atoms with Crippen molar-refractivity contribution in [2.24, 2.45) is 5.92 Å². The van der Waals surface area contributed by atoms with Crippen LogP contribution in [-0.4, -0.2) is 33.4 Å². The highest BCUT2D eigenvalue weighted by atomic mass is 32.1. The molecule has 2 aromatic heterocycles. The monoisotopic (exact) mass is 331 g/mol. The van der Waals surface area contributed by atoms with E-state index in [4.69, 9.17) is 0 Å². The largest absolute Gasteiger partial charge is 0.338 e. The second-order valence-electron chi connectivity index (χ2n) is 6.82. The molecule has 0 spiro atoms. The summed E-state index contributed by atoms with van der Waals surface area (Å²) in [5, 5.41) is 0.647. The molecule has 0 bridgehead atoms. The van der Waals surface area contributed by atoms with Gasteiger partial charge >= 0.3 is 0 Å². The number of aromatic nitrogens is 2. The number of aryl methyl sites for hydroxylation is 2. The number of piperidine rings is 1. The molecule has 4 heterocycles. The highest BCUT2D eigenvalue weighted by Gasteiger charge is 2.27. The highest BCUT2D eigenvalue weighted by molar-refractivity contribution is 7.20. The Balaban J connectivity index is 1.79. The van der Waals surface area contributed by atoms with Crippen LogP contribution in [-0.2, 0) is 13.0 Å². The zero-order valence-corrected chi connectivity index (χ0v) is 14.4. The van der Waals surface area contributed by atoms with Gasteiger partial charge in [-0.15, -0.1) is 11.3 Å². The highest BCUT2D eigenvalue weighted by Crippen LogP contribution is 2.30. The SMILES string of the molecule is Cc1c(C(=O)N2CCCC(C)C2)sc2nc3n(c(=O)c12)CCC3. The fraction of sp³-hybridized carbons (Fsp3) is 0.588. The summed E-state index contributed by atoms with van der Waals surface area (Å²) in [4.78, 5) is 33.6. The first kappa shape index (κ1) is 14.9. The number of rotatable bonds is 1. The van der Waals surface area contributed by atoms with Crippen molar-refractivity contribution in [3.05, 3.63) is 26.6 Å². The molecular formula is C17H21N3O2S. The normalized spacial score (nSPS) is 21.0. The Kier molecular flexibility index (Phi) is 3.52. The molecular weight excluding hydrogens is 310 g/mol. The van der Waals surface area contributed by atoms with E-state index in [1.807, 2.05) is 11.8 Å². The van der Waals surface area contributed by atoms with Crippen LogP contribution in [0.4, 0.5) is 0 Å². The Bertz CT molecular complexity index is 852. The molecule has 1 atom stereocenters. The van der Waals surface area contributed by atoms with Crippen LogP contribution in [0.5, 0.6) is 0 Å². The maximum absolute atomic E-state index is 12.9. The molecule has 1 amide bonds. The number of fused-ring (bicyclic) bond motifs is 2. The summed E-state index contributed by atoms with van der Waals surface area (Å²) < 4.78 is 1.78. The van der Waals surface area contributed by atoms with Crippen LogP contribution in [0.1, 0.15) is 47.2 Å². The quantitative estimate of drug-likeness (QED) is 0.807. The van der Waals surface area contributed by atoms with E-state index < -0.39 is 0 Å². The van der Waals surface area contributed by atoms with Crippen LogP contribution in [0, 0.1) is 12.8 Å². The molecule has 23 heavy (non-hydrogen) atoms. The van der Waals surface area contributed by atoms with E-state index >= 15 is 0 Å². The third kappa shape index (κ3) is 2.31. The summed E-state index contributed by atoms with van der Waals surface area (Å²) in [7, 11) is 0. The Morgan fingerprint density at radius 3 is 2.91 bits per heavy atom. The van der Waals surface area contributed by atoms with Crippen LogP contribution in [0.3, 0.4) is 0 Å². The van der Waals surface area contributed by atoms with Gasteiger partial charge in [0.15, 0.2) is 0 Å². The van der Waals surface area contributed by atoms with Gasteiger partial charge in [-0.3, -0.25) is 14.2 Å². The van der Waals surface area contributed by atoms with Gasteiger partial charge in [0.2, 0.25) is 0 Å². The van der Waals surface area contributed by atoms with Crippen molar-refractivity contribution < 1.29 is 4.79 Å². The van der Waals surface area contributed by atoms with Crippen molar-refractivity contribution in [1.29, 1.82) is 0 Å². The summed E-state index contributed by atoms with van der Waals surface area (Å²) in [5.74, 6) is 1.49. The van der Waals surface area contributed by atoms with Crippen LogP contribution in [0.25, 0.3) is 10.2 Å². The third-order valence-electron chi connectivity index (χ3n) is 5.05. The molecule has 5 nitrogen and oxygen atoms in total. The van der Waals surface area contributed by atoms with E-state index in [0.717, 1.165) is 55.1 Å². The van der Waals surface area contributed by atoms with Gasteiger partial charge in [-0.2, -0.15) is 0 Å². The van der Waals surface area contributed by atoms with E-state index in [1.165, 1.54) is 17.8 Å². The smallest absolute Gasteiger partial charge is 0.264 e. The zero-order chi connectivity index (χ0) is 16.1. The Morgan fingerprint density at radius 1 is 1.30 bits per heavy atom. The van der Waals surface area contributed by atoms with Crippen molar-refractivity contribution >= 4 is 27.5 Å². The first-order valence-electron chi connectivity index (χ1n) is 8.38. The van der Waals surface area contributed by atoms with Gasteiger partial charge in [0.05, 0.1) is 10.3 Å². The van der Waals surface area contributed by atoms with Gasteiger partial charge in [0.25, 0.3) is 11.5 Å². The molecule has 0 N–H and O–H groups in total. The summed E-state index contributed by atoms with van der Waals surface area (Å²) >= 11 is 1.39. The standard InChI is InChI=1S/C17H21N3O2S/c1-10-5-3-7-19(9-10)17(22)14-11(2)13-15(23-14)18-12-6-4-8-20(12)16(13)21/h10H,3-9H2,1-2H3. The Morgan fingerprint density at radius 2 is 2.13 bits per heavy atom. The van der Waals surface area contributed by atoms with Gasteiger partial charge in [0.1, 0.15) is 10.7 Å². The predicted octanol–water partition coefficient (Wildman–Crippen LogP) is 2.58. The summed E-state index contributed by atoms with van der Waals surface area (Å²) in [5.41, 5.74) is 0.843. The summed E-state index contributed by atoms with van der Waals surface area (Å²) in [6.45, 7) is 6.47. The lowest BCUT2D eigenvalue weighted by Gasteiger charge is -2.30. The topological polar surface area (TPSA) is 55.2 Å². The lowest BCUT2D eigenvalue weighted by atomic mass is 10.00. The number of nitrogens with zero attached hydrogens (tertiary/aromatic N) is 3. The maximum Gasteiger partial charge on any atom is 0.264 e. The second kappa shape index (κ2) is 5.44. The summed E-state index contributed by atoms with van der Waals surface area (Å²) in [6, 6.07) is 0. The van der Waals surface area contributed by atoms with E-state index in [9.17, 15) is 9.59 Å². The molecule has 2 aliphatic rings. The van der Waals surface area contributed by atoms with Crippen molar-refractivity contribution in [2.75, 3.05) is 13.1 Å². The molecule has 2 aliphatic heterocycles. The molecule has 0 saturated carbocycles. The number of likely N-dealkylation sites (tertiary alicyclic amines) is 1. The Labute approximate surface area is 138 Å². The molecule has 1 saturated heterocycles. The zero-order valence-electron chi connectivity index (χ0n) is 13.6. The van der Waals surface area contributed by atoms with Crippen LogP contribution in [0.15, 0.2) is 4.79 Å². The van der Waals surface area contributed by atoms with Gasteiger partial charge in [-0.1, -0.05) is 6.92 Å². The van der Waals surface area contributed by atoms with E-state index in [2.05, 4.69) is 11.9 Å². The Hall–Kier alpha value is -1.69. The van der Waals surface area contributed by atoms with Crippen LogP contribution < -0.4 is 5.56 Å². The molecule has 0 radical (unpaired) electrons. The molecule has 1 unspecified atom stereocenters. The molecule has 122 valence electrons. The first-order chi connectivity index (χ1) is 11.1. The fourth-order valence-corrected chi connectivity index (χ4v) is 4.96. The first-order valence-corrected chi connectivity index (χ1v) is 9.20. The minimum atomic E-state index is 0.0299. The number of hydrogen-bond donors (Lipinski definition) is 0. The molecule has 1 fully saturated rings. The maximum atomic E-state index is 12.9. The van der Waals surface area contributed by atoms with Crippen LogP contribution >= 0.6 is 11.3 Å². The molecule has 6 heteroatoms. The molecule has 0 aromatic carbocycles. The predicted molar refractivity (Wildman–Crippen MR) is 91.2 cm³/mol.